The molecule has 0 aliphatic carbocycles. The van der Waals surface area contributed by atoms with Gasteiger partial charge in [0.25, 0.3) is 0 Å². The summed E-state index contributed by atoms with van der Waals surface area (Å²) in [5.41, 5.74) is 0. The zero-order valence-electron chi connectivity index (χ0n) is 15.6. The van der Waals surface area contributed by atoms with Gasteiger partial charge in [-0.15, -0.1) is 0 Å². The van der Waals surface area contributed by atoms with Crippen molar-refractivity contribution in [2.45, 2.75) is 44.4 Å². The first-order valence-electron chi connectivity index (χ1n) is 9.74. The minimum Gasteiger partial charge on any atom is -0.303 e. The second-order valence-corrected chi connectivity index (χ2v) is 10.0. The first-order valence-corrected chi connectivity index (χ1v) is 11.2. The molecule has 2 fully saturated rings. The number of benzene rings is 1. The fraction of sp³-hybridized carbons (Fsp3) is 0.700. The molecule has 2 saturated heterocycles. The summed E-state index contributed by atoms with van der Waals surface area (Å²) < 4.78 is 27.2. The molecule has 2 aliphatic heterocycles. The molecule has 0 saturated carbocycles. The average molecular weight is 365 g/mol. The predicted octanol–water partition coefficient (Wildman–Crippen LogP) is 3.46. The summed E-state index contributed by atoms with van der Waals surface area (Å²) in [6.45, 7) is 9.57. The maximum absolute atomic E-state index is 12.7. The number of nitrogens with zero attached hydrogens (tertiary/aromatic N) is 2. The molecule has 0 amide bonds. The van der Waals surface area contributed by atoms with Gasteiger partial charge in [0.1, 0.15) is 0 Å². The van der Waals surface area contributed by atoms with Gasteiger partial charge in [-0.2, -0.15) is 4.31 Å². The number of hydrogen-bond donors (Lipinski definition) is 0. The van der Waals surface area contributed by atoms with Crippen molar-refractivity contribution in [2.24, 2.45) is 17.8 Å². The first kappa shape index (κ1) is 18.9. The number of likely N-dealkylation sites (tertiary alicyclic amines) is 1. The van der Waals surface area contributed by atoms with Crippen molar-refractivity contribution in [1.29, 1.82) is 0 Å². The van der Waals surface area contributed by atoms with Gasteiger partial charge in [0.15, 0.2) is 0 Å². The van der Waals surface area contributed by atoms with Gasteiger partial charge in [0, 0.05) is 19.6 Å². The molecule has 1 atom stereocenters. The topological polar surface area (TPSA) is 40.6 Å². The van der Waals surface area contributed by atoms with E-state index in [1.54, 1.807) is 28.6 Å². The van der Waals surface area contributed by atoms with E-state index in [0.29, 0.717) is 23.9 Å². The Kier molecular flexibility index (Phi) is 6.18. The van der Waals surface area contributed by atoms with Crippen LogP contribution in [0.1, 0.15) is 39.5 Å². The van der Waals surface area contributed by atoms with Crippen LogP contribution in [-0.4, -0.2) is 50.3 Å². The Hall–Kier alpha value is -0.910. The highest BCUT2D eigenvalue weighted by molar-refractivity contribution is 7.89. The fourth-order valence-corrected chi connectivity index (χ4v) is 5.71. The summed E-state index contributed by atoms with van der Waals surface area (Å²) in [7, 11) is -3.31. The predicted molar refractivity (Wildman–Crippen MR) is 102 cm³/mol. The third-order valence-corrected chi connectivity index (χ3v) is 7.79. The van der Waals surface area contributed by atoms with E-state index in [0.717, 1.165) is 24.7 Å². The summed E-state index contributed by atoms with van der Waals surface area (Å²) >= 11 is 0. The van der Waals surface area contributed by atoms with Gasteiger partial charge in [-0.25, -0.2) is 8.42 Å². The minimum absolute atomic E-state index is 0.425. The largest absolute Gasteiger partial charge is 0.303 e. The molecule has 1 aromatic carbocycles. The van der Waals surface area contributed by atoms with Crippen molar-refractivity contribution in [3.63, 3.8) is 0 Å². The van der Waals surface area contributed by atoms with Gasteiger partial charge in [0.2, 0.25) is 10.0 Å². The summed E-state index contributed by atoms with van der Waals surface area (Å²) in [6, 6.07) is 8.85. The lowest BCUT2D eigenvalue weighted by molar-refractivity contribution is 0.201. The molecule has 0 N–H and O–H groups in total. The van der Waals surface area contributed by atoms with Crippen molar-refractivity contribution in [2.75, 3.05) is 32.7 Å². The van der Waals surface area contributed by atoms with Crippen LogP contribution in [0.4, 0.5) is 0 Å². The molecule has 2 heterocycles. The molecular weight excluding hydrogens is 332 g/mol. The third kappa shape index (κ3) is 4.63. The summed E-state index contributed by atoms with van der Waals surface area (Å²) in [5, 5.41) is 0. The van der Waals surface area contributed by atoms with Crippen molar-refractivity contribution < 1.29 is 8.42 Å². The van der Waals surface area contributed by atoms with Crippen molar-refractivity contribution in [3.05, 3.63) is 30.3 Å². The zero-order valence-corrected chi connectivity index (χ0v) is 16.4. The van der Waals surface area contributed by atoms with E-state index in [2.05, 4.69) is 18.7 Å². The van der Waals surface area contributed by atoms with E-state index in [1.165, 1.54) is 32.5 Å². The van der Waals surface area contributed by atoms with E-state index in [9.17, 15) is 8.42 Å². The van der Waals surface area contributed by atoms with Crippen LogP contribution < -0.4 is 0 Å². The maximum Gasteiger partial charge on any atom is 0.243 e. The van der Waals surface area contributed by atoms with Crippen molar-refractivity contribution in [1.82, 2.24) is 9.21 Å². The molecule has 0 aromatic heterocycles. The molecule has 0 spiro atoms. The summed E-state index contributed by atoms with van der Waals surface area (Å²) in [4.78, 5) is 3.03. The Morgan fingerprint density at radius 3 is 2.28 bits per heavy atom. The first-order chi connectivity index (χ1) is 12.0. The number of hydrogen-bond acceptors (Lipinski definition) is 3. The van der Waals surface area contributed by atoms with E-state index in [-0.39, 0.29) is 0 Å². The monoisotopic (exact) mass is 364 g/mol. The molecule has 0 radical (unpaired) electrons. The SMILES string of the molecule is CC(C)CCN1CCC(C2CCN(S(=O)(=O)c3ccccc3)CC2)C1. The molecule has 1 aromatic rings. The van der Waals surface area contributed by atoms with Gasteiger partial charge >= 0.3 is 0 Å². The molecule has 4 nitrogen and oxygen atoms in total. The Morgan fingerprint density at radius 2 is 1.64 bits per heavy atom. The molecule has 2 aliphatic rings. The summed E-state index contributed by atoms with van der Waals surface area (Å²) in [5.74, 6) is 2.21. The molecule has 3 rings (SSSR count). The number of rotatable bonds is 6. The molecule has 25 heavy (non-hydrogen) atoms. The molecule has 5 heteroatoms. The van der Waals surface area contributed by atoms with Crippen LogP contribution in [0.2, 0.25) is 0 Å². The lowest BCUT2D eigenvalue weighted by atomic mass is 9.84. The zero-order chi connectivity index (χ0) is 17.9. The molecule has 0 bridgehead atoms. The van der Waals surface area contributed by atoms with Gasteiger partial charge < -0.3 is 4.90 Å². The van der Waals surface area contributed by atoms with Crippen LogP contribution in [0.15, 0.2) is 35.2 Å². The lowest BCUT2D eigenvalue weighted by Gasteiger charge is -2.34. The highest BCUT2D eigenvalue weighted by atomic mass is 32.2. The summed E-state index contributed by atoms with van der Waals surface area (Å²) in [6.07, 6.45) is 4.58. The molecular formula is C20H32N2O2S. The normalized spacial score (nSPS) is 24.2. The molecule has 1 unspecified atom stereocenters. The molecule has 140 valence electrons. The van der Waals surface area contributed by atoms with Gasteiger partial charge in [-0.3, -0.25) is 0 Å². The van der Waals surface area contributed by atoms with Crippen LogP contribution in [0.5, 0.6) is 0 Å². The lowest BCUT2D eigenvalue weighted by Crippen LogP contribution is -2.40. The smallest absolute Gasteiger partial charge is 0.243 e. The average Bonchev–Trinajstić information content (AvgIpc) is 3.10. The van der Waals surface area contributed by atoms with Gasteiger partial charge in [0.05, 0.1) is 4.90 Å². The standard InChI is InChI=1S/C20H32N2O2S/c1-17(2)8-12-21-13-9-19(16-21)18-10-14-22(15-11-18)25(23,24)20-6-4-3-5-7-20/h3-7,17-19H,8-16H2,1-2H3. The second kappa shape index (κ2) is 8.19. The Labute approximate surface area is 153 Å². The van der Waals surface area contributed by atoms with Crippen molar-refractivity contribution in [3.8, 4) is 0 Å². The Morgan fingerprint density at radius 1 is 1.00 bits per heavy atom. The van der Waals surface area contributed by atoms with Gasteiger partial charge in [-0.05, 0) is 68.7 Å². The fourth-order valence-electron chi connectivity index (χ4n) is 4.22. The highest BCUT2D eigenvalue weighted by Crippen LogP contribution is 2.33. The van der Waals surface area contributed by atoms with Gasteiger partial charge in [-0.1, -0.05) is 32.0 Å². The van der Waals surface area contributed by atoms with E-state index in [4.69, 9.17) is 0 Å². The number of piperidine rings is 1. The van der Waals surface area contributed by atoms with E-state index < -0.39 is 10.0 Å². The highest BCUT2D eigenvalue weighted by Gasteiger charge is 2.35. The third-order valence-electron chi connectivity index (χ3n) is 5.88. The second-order valence-electron chi connectivity index (χ2n) is 8.09. The number of sulfonamides is 1. The Balaban J connectivity index is 1.51. The van der Waals surface area contributed by atoms with Crippen LogP contribution >= 0.6 is 0 Å². The quantitative estimate of drug-likeness (QED) is 0.776. The van der Waals surface area contributed by atoms with E-state index in [1.807, 2.05) is 6.07 Å². The van der Waals surface area contributed by atoms with Crippen molar-refractivity contribution >= 4 is 10.0 Å². The van der Waals surface area contributed by atoms with Crippen LogP contribution in [-0.2, 0) is 10.0 Å². The van der Waals surface area contributed by atoms with E-state index >= 15 is 0 Å². The van der Waals surface area contributed by atoms with Crippen LogP contribution in [0.25, 0.3) is 0 Å². The maximum atomic E-state index is 12.7. The minimum atomic E-state index is -3.31. The van der Waals surface area contributed by atoms with Crippen LogP contribution in [0.3, 0.4) is 0 Å². The Bertz CT molecular complexity index is 637. The van der Waals surface area contributed by atoms with Crippen LogP contribution in [0, 0.1) is 17.8 Å².